The van der Waals surface area contributed by atoms with Crippen molar-refractivity contribution in [2.75, 3.05) is 13.1 Å². The predicted molar refractivity (Wildman–Crippen MR) is 78.0 cm³/mol. The minimum Gasteiger partial charge on any atom is -0.352 e. The van der Waals surface area contributed by atoms with E-state index in [9.17, 15) is 4.79 Å². The highest BCUT2D eigenvalue weighted by molar-refractivity contribution is 5.94. The third-order valence-electron chi connectivity index (χ3n) is 4.17. The van der Waals surface area contributed by atoms with Crippen molar-refractivity contribution in [3.8, 4) is 0 Å². The Morgan fingerprint density at radius 1 is 1.32 bits per heavy atom. The molecular formula is C16H24N2O. The summed E-state index contributed by atoms with van der Waals surface area (Å²) in [5.41, 5.74) is 7.68. The van der Waals surface area contributed by atoms with E-state index in [1.807, 2.05) is 31.2 Å². The van der Waals surface area contributed by atoms with Crippen LogP contribution in [0.15, 0.2) is 24.3 Å². The van der Waals surface area contributed by atoms with E-state index in [4.69, 9.17) is 5.73 Å². The highest BCUT2D eigenvalue weighted by Crippen LogP contribution is 2.28. The first-order chi connectivity index (χ1) is 9.20. The second-order valence-corrected chi connectivity index (χ2v) is 5.62. The summed E-state index contributed by atoms with van der Waals surface area (Å²) in [7, 11) is 0. The molecule has 0 saturated heterocycles. The molecular weight excluding hydrogens is 236 g/mol. The van der Waals surface area contributed by atoms with Crippen molar-refractivity contribution in [2.45, 2.75) is 32.6 Å². The molecule has 1 aliphatic carbocycles. The molecule has 0 bridgehead atoms. The van der Waals surface area contributed by atoms with E-state index in [0.29, 0.717) is 11.8 Å². The summed E-state index contributed by atoms with van der Waals surface area (Å²) >= 11 is 0. The largest absolute Gasteiger partial charge is 0.352 e. The summed E-state index contributed by atoms with van der Waals surface area (Å²) < 4.78 is 0. The molecule has 0 heterocycles. The molecule has 1 fully saturated rings. The SMILES string of the molecule is Cc1cccc(C(=O)NCC2CCCCC2CN)c1. The first-order valence-corrected chi connectivity index (χ1v) is 7.25. The average molecular weight is 260 g/mol. The van der Waals surface area contributed by atoms with E-state index < -0.39 is 0 Å². The molecule has 0 aromatic heterocycles. The molecule has 104 valence electrons. The topological polar surface area (TPSA) is 55.1 Å². The third-order valence-corrected chi connectivity index (χ3v) is 4.17. The minimum absolute atomic E-state index is 0.0324. The van der Waals surface area contributed by atoms with E-state index in [1.54, 1.807) is 0 Å². The van der Waals surface area contributed by atoms with Gasteiger partial charge in [0.2, 0.25) is 0 Å². The van der Waals surface area contributed by atoms with Crippen molar-refractivity contribution >= 4 is 5.91 Å². The standard InChI is InChI=1S/C16H24N2O/c1-12-5-4-8-13(9-12)16(19)18-11-15-7-3-2-6-14(15)10-17/h4-5,8-9,14-15H,2-3,6-7,10-11,17H2,1H3,(H,18,19). The third kappa shape index (κ3) is 3.80. The van der Waals surface area contributed by atoms with Crippen LogP contribution in [0.4, 0.5) is 0 Å². The van der Waals surface area contributed by atoms with Crippen LogP contribution in [0.25, 0.3) is 0 Å². The maximum atomic E-state index is 12.1. The maximum absolute atomic E-state index is 12.1. The molecule has 1 aromatic carbocycles. The Hall–Kier alpha value is -1.35. The minimum atomic E-state index is 0.0324. The van der Waals surface area contributed by atoms with Crippen molar-refractivity contribution in [1.29, 1.82) is 0 Å². The van der Waals surface area contributed by atoms with Gasteiger partial charge >= 0.3 is 0 Å². The number of nitrogens with one attached hydrogen (secondary N) is 1. The van der Waals surface area contributed by atoms with Crippen LogP contribution in [-0.4, -0.2) is 19.0 Å². The number of benzene rings is 1. The smallest absolute Gasteiger partial charge is 0.251 e. The van der Waals surface area contributed by atoms with Gasteiger partial charge in [0.1, 0.15) is 0 Å². The quantitative estimate of drug-likeness (QED) is 0.874. The van der Waals surface area contributed by atoms with Gasteiger partial charge in [-0.05, 0) is 50.3 Å². The molecule has 3 nitrogen and oxygen atoms in total. The zero-order valence-electron chi connectivity index (χ0n) is 11.7. The fourth-order valence-corrected chi connectivity index (χ4v) is 2.98. The second-order valence-electron chi connectivity index (χ2n) is 5.62. The molecule has 0 spiro atoms. The van der Waals surface area contributed by atoms with E-state index in [0.717, 1.165) is 24.2 Å². The van der Waals surface area contributed by atoms with Gasteiger partial charge in [-0.2, -0.15) is 0 Å². The number of amides is 1. The van der Waals surface area contributed by atoms with E-state index in [1.165, 1.54) is 25.7 Å². The van der Waals surface area contributed by atoms with Crippen LogP contribution in [0.5, 0.6) is 0 Å². The zero-order chi connectivity index (χ0) is 13.7. The Labute approximate surface area is 115 Å². The Balaban J connectivity index is 1.89. The summed E-state index contributed by atoms with van der Waals surface area (Å²) in [6, 6.07) is 7.72. The maximum Gasteiger partial charge on any atom is 0.251 e. The zero-order valence-corrected chi connectivity index (χ0v) is 11.7. The number of carbonyl (C=O) groups excluding carboxylic acids is 1. The molecule has 1 aromatic rings. The van der Waals surface area contributed by atoms with Crippen molar-refractivity contribution in [2.24, 2.45) is 17.6 Å². The molecule has 0 radical (unpaired) electrons. The van der Waals surface area contributed by atoms with Crippen LogP contribution < -0.4 is 11.1 Å². The predicted octanol–water partition coefficient (Wildman–Crippen LogP) is 2.49. The van der Waals surface area contributed by atoms with Crippen molar-refractivity contribution in [3.05, 3.63) is 35.4 Å². The van der Waals surface area contributed by atoms with Gasteiger partial charge in [-0.25, -0.2) is 0 Å². The molecule has 1 amide bonds. The van der Waals surface area contributed by atoms with Crippen LogP contribution in [0.3, 0.4) is 0 Å². The monoisotopic (exact) mass is 260 g/mol. The van der Waals surface area contributed by atoms with Gasteiger partial charge in [0, 0.05) is 12.1 Å². The Morgan fingerprint density at radius 2 is 2.05 bits per heavy atom. The highest BCUT2D eigenvalue weighted by atomic mass is 16.1. The molecule has 2 rings (SSSR count). The Bertz CT molecular complexity index is 431. The van der Waals surface area contributed by atoms with Gasteiger partial charge in [0.25, 0.3) is 5.91 Å². The van der Waals surface area contributed by atoms with Gasteiger partial charge in [0.15, 0.2) is 0 Å². The van der Waals surface area contributed by atoms with Crippen LogP contribution in [-0.2, 0) is 0 Å². The number of aryl methyl sites for hydroxylation is 1. The first kappa shape index (κ1) is 14.1. The van der Waals surface area contributed by atoms with Gasteiger partial charge in [-0.3, -0.25) is 4.79 Å². The summed E-state index contributed by atoms with van der Waals surface area (Å²) in [5, 5.41) is 3.07. The fourth-order valence-electron chi connectivity index (χ4n) is 2.98. The van der Waals surface area contributed by atoms with Crippen molar-refractivity contribution in [3.63, 3.8) is 0 Å². The second kappa shape index (κ2) is 6.71. The molecule has 1 saturated carbocycles. The average Bonchev–Trinajstić information content (AvgIpc) is 2.45. The number of rotatable bonds is 4. The lowest BCUT2D eigenvalue weighted by Gasteiger charge is -2.30. The van der Waals surface area contributed by atoms with Gasteiger partial charge in [0.05, 0.1) is 0 Å². The first-order valence-electron chi connectivity index (χ1n) is 7.25. The fraction of sp³-hybridized carbons (Fsp3) is 0.562. The van der Waals surface area contributed by atoms with Crippen molar-refractivity contribution in [1.82, 2.24) is 5.32 Å². The number of hydrogen-bond acceptors (Lipinski definition) is 2. The number of carbonyl (C=O) groups is 1. The molecule has 3 heteroatoms. The van der Waals surface area contributed by atoms with E-state index >= 15 is 0 Å². The Morgan fingerprint density at radius 3 is 2.74 bits per heavy atom. The van der Waals surface area contributed by atoms with Crippen LogP contribution in [0.1, 0.15) is 41.6 Å². The van der Waals surface area contributed by atoms with E-state index in [2.05, 4.69) is 5.32 Å². The van der Waals surface area contributed by atoms with Gasteiger partial charge in [-0.15, -0.1) is 0 Å². The number of hydrogen-bond donors (Lipinski definition) is 2. The molecule has 0 aliphatic heterocycles. The van der Waals surface area contributed by atoms with Crippen LogP contribution in [0, 0.1) is 18.8 Å². The van der Waals surface area contributed by atoms with Crippen LogP contribution >= 0.6 is 0 Å². The van der Waals surface area contributed by atoms with Gasteiger partial charge in [-0.1, -0.05) is 30.5 Å². The van der Waals surface area contributed by atoms with Crippen molar-refractivity contribution < 1.29 is 4.79 Å². The van der Waals surface area contributed by atoms with Gasteiger partial charge < -0.3 is 11.1 Å². The lowest BCUT2D eigenvalue weighted by atomic mass is 9.79. The number of nitrogens with two attached hydrogens (primary N) is 1. The van der Waals surface area contributed by atoms with E-state index in [-0.39, 0.29) is 5.91 Å². The summed E-state index contributed by atoms with van der Waals surface area (Å²) in [5.74, 6) is 1.16. The molecule has 2 unspecified atom stereocenters. The lowest BCUT2D eigenvalue weighted by molar-refractivity contribution is 0.0935. The summed E-state index contributed by atoms with van der Waals surface area (Å²) in [4.78, 5) is 12.1. The molecule has 3 N–H and O–H groups in total. The normalized spacial score (nSPS) is 23.1. The van der Waals surface area contributed by atoms with Crippen LogP contribution in [0.2, 0.25) is 0 Å². The molecule has 2 atom stereocenters. The molecule has 19 heavy (non-hydrogen) atoms. The highest BCUT2D eigenvalue weighted by Gasteiger charge is 2.24. The lowest BCUT2D eigenvalue weighted by Crippen LogP contribution is -2.36. The summed E-state index contributed by atoms with van der Waals surface area (Å²) in [6.45, 7) is 3.50. The molecule has 1 aliphatic rings. The summed E-state index contributed by atoms with van der Waals surface area (Å²) in [6.07, 6.45) is 4.95. The Kier molecular flexibility index (Phi) is 4.97.